The van der Waals surface area contributed by atoms with E-state index in [1.807, 2.05) is 22.4 Å². The molecule has 2 aliphatic rings. The minimum absolute atomic E-state index is 0.00373. The van der Waals surface area contributed by atoms with Crippen molar-refractivity contribution in [1.29, 1.82) is 0 Å². The maximum atomic E-state index is 12.7. The molecule has 0 aliphatic carbocycles. The number of hydrogen-bond donors (Lipinski definition) is 1. The van der Waals surface area contributed by atoms with Gasteiger partial charge < -0.3 is 15.1 Å². The van der Waals surface area contributed by atoms with E-state index in [0.717, 1.165) is 37.4 Å². The lowest BCUT2D eigenvalue weighted by Gasteiger charge is -2.35. The number of nitrogens with one attached hydrogen (secondary N) is 1. The lowest BCUT2D eigenvalue weighted by atomic mass is 10.1. The second-order valence-corrected chi connectivity index (χ2v) is 6.72. The molecule has 21 heavy (non-hydrogen) atoms. The molecule has 2 saturated heterocycles. The first-order valence-electron chi connectivity index (χ1n) is 7.53. The van der Waals surface area contributed by atoms with Gasteiger partial charge in [0.05, 0.1) is 4.88 Å². The molecule has 3 heterocycles. The number of rotatable bonds is 2. The highest BCUT2D eigenvalue weighted by molar-refractivity contribution is 7.12. The molecule has 2 amide bonds. The third-order valence-corrected chi connectivity index (χ3v) is 5.07. The molecule has 6 heteroatoms. The maximum Gasteiger partial charge on any atom is 0.264 e. The number of amides is 2. The third-order valence-electron chi connectivity index (χ3n) is 4.21. The number of thiophene rings is 1. The normalized spacial score (nSPS) is 26.1. The van der Waals surface area contributed by atoms with Crippen LogP contribution in [0.15, 0.2) is 17.5 Å². The summed E-state index contributed by atoms with van der Waals surface area (Å²) in [6.45, 7) is 5.08. The molecule has 2 aliphatic heterocycles. The number of piperazine rings is 1. The molecule has 0 bridgehead atoms. The molecule has 0 aromatic carbocycles. The number of nitrogens with zero attached hydrogens (tertiary/aromatic N) is 2. The zero-order valence-corrected chi connectivity index (χ0v) is 13.1. The molecular formula is C15H21N3O2S. The van der Waals surface area contributed by atoms with Gasteiger partial charge in [0.1, 0.15) is 6.04 Å². The molecule has 1 aromatic rings. The zero-order chi connectivity index (χ0) is 14.8. The van der Waals surface area contributed by atoms with Crippen molar-refractivity contribution in [2.75, 3.05) is 26.2 Å². The summed E-state index contributed by atoms with van der Waals surface area (Å²) in [6.07, 6.45) is 1.70. The number of carbonyl (C=O) groups excluding carboxylic acids is 2. The fourth-order valence-corrected chi connectivity index (χ4v) is 3.83. The summed E-state index contributed by atoms with van der Waals surface area (Å²) >= 11 is 1.44. The van der Waals surface area contributed by atoms with Gasteiger partial charge in [0.2, 0.25) is 5.91 Å². The van der Waals surface area contributed by atoms with Gasteiger partial charge in [-0.05, 0) is 31.2 Å². The van der Waals surface area contributed by atoms with Crippen LogP contribution in [0.1, 0.15) is 29.4 Å². The minimum Gasteiger partial charge on any atom is -0.338 e. The fraction of sp³-hybridized carbons (Fsp3) is 0.600. The molecule has 0 radical (unpaired) electrons. The van der Waals surface area contributed by atoms with Gasteiger partial charge in [-0.2, -0.15) is 0 Å². The quantitative estimate of drug-likeness (QED) is 0.892. The van der Waals surface area contributed by atoms with E-state index < -0.39 is 0 Å². The first-order valence-corrected chi connectivity index (χ1v) is 8.41. The average Bonchev–Trinajstić information content (AvgIpc) is 3.17. The van der Waals surface area contributed by atoms with E-state index in [4.69, 9.17) is 0 Å². The summed E-state index contributed by atoms with van der Waals surface area (Å²) in [5.41, 5.74) is 0. The van der Waals surface area contributed by atoms with Crippen LogP contribution < -0.4 is 5.32 Å². The van der Waals surface area contributed by atoms with Gasteiger partial charge >= 0.3 is 0 Å². The van der Waals surface area contributed by atoms with Crippen molar-refractivity contribution in [2.45, 2.75) is 31.8 Å². The van der Waals surface area contributed by atoms with E-state index >= 15 is 0 Å². The highest BCUT2D eigenvalue weighted by Gasteiger charge is 2.37. The minimum atomic E-state index is -0.273. The van der Waals surface area contributed by atoms with E-state index in [2.05, 4.69) is 12.2 Å². The third kappa shape index (κ3) is 2.96. The van der Waals surface area contributed by atoms with Crippen LogP contribution >= 0.6 is 11.3 Å². The molecule has 1 N–H and O–H groups in total. The van der Waals surface area contributed by atoms with E-state index in [-0.39, 0.29) is 17.9 Å². The molecular weight excluding hydrogens is 286 g/mol. The van der Waals surface area contributed by atoms with Gasteiger partial charge in [-0.3, -0.25) is 9.59 Å². The Morgan fingerprint density at radius 3 is 2.95 bits per heavy atom. The molecule has 1 aromatic heterocycles. The van der Waals surface area contributed by atoms with Crippen molar-refractivity contribution in [2.24, 2.45) is 0 Å². The second kappa shape index (κ2) is 6.15. The summed E-state index contributed by atoms with van der Waals surface area (Å²) in [7, 11) is 0. The Kier molecular flexibility index (Phi) is 4.26. The number of likely N-dealkylation sites (tertiary alicyclic amines) is 1. The average molecular weight is 307 g/mol. The zero-order valence-electron chi connectivity index (χ0n) is 12.2. The van der Waals surface area contributed by atoms with Crippen molar-refractivity contribution >= 4 is 23.2 Å². The summed E-state index contributed by atoms with van der Waals surface area (Å²) in [5, 5.41) is 5.24. The van der Waals surface area contributed by atoms with Crippen molar-refractivity contribution in [3.63, 3.8) is 0 Å². The Balaban J connectivity index is 1.71. The number of carbonyl (C=O) groups is 2. The van der Waals surface area contributed by atoms with Crippen LogP contribution in [-0.2, 0) is 4.79 Å². The first-order chi connectivity index (χ1) is 10.2. The SMILES string of the molecule is CC1CN(C(=O)C2CCCN2C(=O)c2cccs2)CCN1. The van der Waals surface area contributed by atoms with Gasteiger partial charge in [-0.1, -0.05) is 6.07 Å². The molecule has 0 spiro atoms. The Hall–Kier alpha value is -1.40. The van der Waals surface area contributed by atoms with E-state index in [1.54, 1.807) is 4.90 Å². The van der Waals surface area contributed by atoms with Gasteiger partial charge in [-0.25, -0.2) is 0 Å². The predicted molar refractivity (Wildman–Crippen MR) is 82.4 cm³/mol. The fourth-order valence-electron chi connectivity index (χ4n) is 3.15. The topological polar surface area (TPSA) is 52.7 Å². The van der Waals surface area contributed by atoms with Gasteiger partial charge in [-0.15, -0.1) is 11.3 Å². The molecule has 5 nitrogen and oxygen atoms in total. The molecule has 2 unspecified atom stereocenters. The summed E-state index contributed by atoms with van der Waals surface area (Å²) in [6, 6.07) is 3.76. The largest absolute Gasteiger partial charge is 0.338 e. The van der Waals surface area contributed by atoms with Crippen LogP contribution in [0.5, 0.6) is 0 Å². The van der Waals surface area contributed by atoms with Crippen molar-refractivity contribution < 1.29 is 9.59 Å². The lowest BCUT2D eigenvalue weighted by molar-refractivity contribution is -0.136. The Bertz CT molecular complexity index is 517. The maximum absolute atomic E-state index is 12.7. The van der Waals surface area contributed by atoms with Crippen LogP contribution in [0.2, 0.25) is 0 Å². The van der Waals surface area contributed by atoms with E-state index in [9.17, 15) is 9.59 Å². The number of hydrogen-bond acceptors (Lipinski definition) is 4. The van der Waals surface area contributed by atoms with Crippen LogP contribution in [-0.4, -0.2) is 59.9 Å². The van der Waals surface area contributed by atoms with Crippen molar-refractivity contribution in [1.82, 2.24) is 15.1 Å². The van der Waals surface area contributed by atoms with Crippen LogP contribution in [0.3, 0.4) is 0 Å². The molecule has 0 saturated carbocycles. The highest BCUT2D eigenvalue weighted by atomic mass is 32.1. The van der Waals surface area contributed by atoms with E-state index in [0.29, 0.717) is 12.6 Å². The second-order valence-electron chi connectivity index (χ2n) is 5.77. The van der Waals surface area contributed by atoms with Crippen molar-refractivity contribution in [3.8, 4) is 0 Å². The Morgan fingerprint density at radius 1 is 1.38 bits per heavy atom. The lowest BCUT2D eigenvalue weighted by Crippen LogP contribution is -2.56. The van der Waals surface area contributed by atoms with Gasteiger partial charge in [0.25, 0.3) is 5.91 Å². The Morgan fingerprint density at radius 2 is 2.24 bits per heavy atom. The molecule has 2 atom stereocenters. The smallest absolute Gasteiger partial charge is 0.264 e. The Labute approximate surface area is 128 Å². The highest BCUT2D eigenvalue weighted by Crippen LogP contribution is 2.24. The standard InChI is InChI=1S/C15H21N3O2S/c1-11-10-17(8-6-16-11)14(19)12-4-2-7-18(12)15(20)13-5-3-9-21-13/h3,5,9,11-12,16H,2,4,6-8,10H2,1H3. The molecule has 114 valence electrons. The first kappa shape index (κ1) is 14.5. The summed E-state index contributed by atoms with van der Waals surface area (Å²) < 4.78 is 0. The summed E-state index contributed by atoms with van der Waals surface area (Å²) in [5.74, 6) is 0.120. The molecule has 3 rings (SSSR count). The van der Waals surface area contributed by atoms with Crippen LogP contribution in [0.4, 0.5) is 0 Å². The predicted octanol–water partition coefficient (Wildman–Crippen LogP) is 1.17. The summed E-state index contributed by atoms with van der Waals surface area (Å²) in [4.78, 5) is 29.7. The van der Waals surface area contributed by atoms with Crippen LogP contribution in [0.25, 0.3) is 0 Å². The van der Waals surface area contributed by atoms with Gasteiger partial charge in [0.15, 0.2) is 0 Å². The molecule has 2 fully saturated rings. The van der Waals surface area contributed by atoms with E-state index in [1.165, 1.54) is 11.3 Å². The van der Waals surface area contributed by atoms with Crippen molar-refractivity contribution in [3.05, 3.63) is 22.4 Å². The van der Waals surface area contributed by atoms with Gasteiger partial charge in [0, 0.05) is 32.2 Å². The van der Waals surface area contributed by atoms with Crippen LogP contribution in [0, 0.1) is 0 Å². The monoisotopic (exact) mass is 307 g/mol.